The van der Waals surface area contributed by atoms with Gasteiger partial charge in [-0.2, -0.15) is 0 Å². The van der Waals surface area contributed by atoms with Crippen molar-refractivity contribution in [3.8, 4) is 11.5 Å². The van der Waals surface area contributed by atoms with Crippen LogP contribution in [0.2, 0.25) is 10.0 Å². The van der Waals surface area contributed by atoms with Crippen LogP contribution in [0.1, 0.15) is 43.9 Å². The van der Waals surface area contributed by atoms with Gasteiger partial charge in [0, 0.05) is 27.2 Å². The van der Waals surface area contributed by atoms with Crippen molar-refractivity contribution in [2.75, 3.05) is 6.61 Å². The maximum Gasteiger partial charge on any atom is 0.293 e. The molecule has 0 N–H and O–H groups in total. The van der Waals surface area contributed by atoms with Gasteiger partial charge in [-0.05, 0) is 74.4 Å². The highest BCUT2D eigenvalue weighted by atomic mass is 35.5. The van der Waals surface area contributed by atoms with Crippen molar-refractivity contribution in [2.24, 2.45) is 0 Å². The number of hydrogen-bond donors (Lipinski definition) is 0. The third-order valence-electron chi connectivity index (χ3n) is 5.36. The minimum absolute atomic E-state index is 0.149. The van der Waals surface area contributed by atoms with E-state index >= 15 is 0 Å². The lowest BCUT2D eigenvalue weighted by Gasteiger charge is -2.19. The number of allylic oxidation sites excluding steroid dienone is 1. The van der Waals surface area contributed by atoms with Gasteiger partial charge in [0.05, 0.1) is 11.5 Å². The maximum atomic E-state index is 12.8. The molecule has 1 saturated heterocycles. The summed E-state index contributed by atoms with van der Waals surface area (Å²) < 4.78 is 12.0. The van der Waals surface area contributed by atoms with E-state index in [1.165, 1.54) is 4.90 Å². The predicted octanol–water partition coefficient (Wildman–Crippen LogP) is 7.53. The maximum absolute atomic E-state index is 12.8. The highest BCUT2D eigenvalue weighted by Gasteiger charge is 2.37. The van der Waals surface area contributed by atoms with Gasteiger partial charge in [-0.3, -0.25) is 14.5 Å². The molecule has 34 heavy (non-hydrogen) atoms. The summed E-state index contributed by atoms with van der Waals surface area (Å²) in [6.07, 6.45) is 4.72. The quantitative estimate of drug-likeness (QED) is 0.239. The van der Waals surface area contributed by atoms with Crippen LogP contribution in [0.15, 0.2) is 47.9 Å². The molecular formula is C26H27Cl2NO4S. The second-order valence-electron chi connectivity index (χ2n) is 7.77. The van der Waals surface area contributed by atoms with Gasteiger partial charge in [0.15, 0.2) is 11.5 Å². The van der Waals surface area contributed by atoms with Crippen LogP contribution in [0.5, 0.6) is 11.5 Å². The Kier molecular flexibility index (Phi) is 9.11. The molecule has 0 bridgehead atoms. The van der Waals surface area contributed by atoms with E-state index in [-0.39, 0.29) is 23.8 Å². The Morgan fingerprint density at radius 1 is 1.12 bits per heavy atom. The van der Waals surface area contributed by atoms with Gasteiger partial charge in [-0.25, -0.2) is 0 Å². The molecule has 1 aliphatic heterocycles. The lowest BCUT2D eigenvalue weighted by atomic mass is 10.0. The van der Waals surface area contributed by atoms with E-state index in [4.69, 9.17) is 32.7 Å². The van der Waals surface area contributed by atoms with Crippen molar-refractivity contribution >= 4 is 52.2 Å². The molecule has 3 rings (SSSR count). The lowest BCUT2D eigenvalue weighted by Crippen LogP contribution is -2.36. The third-order valence-corrected chi connectivity index (χ3v) is 6.83. The van der Waals surface area contributed by atoms with E-state index in [0.29, 0.717) is 45.9 Å². The highest BCUT2D eigenvalue weighted by Crippen LogP contribution is 2.38. The topological polar surface area (TPSA) is 55.8 Å². The average Bonchev–Trinajstić information content (AvgIpc) is 3.07. The second-order valence-corrected chi connectivity index (χ2v) is 9.60. The number of benzene rings is 2. The number of rotatable bonds is 10. The minimum Gasteiger partial charge on any atom is -0.490 e. The average molecular weight is 520 g/mol. The largest absolute Gasteiger partial charge is 0.490 e. The van der Waals surface area contributed by atoms with Crippen LogP contribution in [0.3, 0.4) is 0 Å². The number of carbonyl (C=O) groups excluding carboxylic acids is 2. The molecule has 180 valence electrons. The van der Waals surface area contributed by atoms with Crippen molar-refractivity contribution in [2.45, 2.75) is 46.3 Å². The van der Waals surface area contributed by atoms with E-state index in [0.717, 1.165) is 28.5 Å². The van der Waals surface area contributed by atoms with E-state index in [2.05, 4.69) is 6.58 Å². The Morgan fingerprint density at radius 3 is 2.53 bits per heavy atom. The smallest absolute Gasteiger partial charge is 0.293 e. The first-order valence-corrected chi connectivity index (χ1v) is 12.6. The van der Waals surface area contributed by atoms with Gasteiger partial charge in [0.25, 0.3) is 11.1 Å². The second kappa shape index (κ2) is 11.8. The Hall–Kier alpha value is -2.41. The Labute approximate surface area is 214 Å². The van der Waals surface area contributed by atoms with Gasteiger partial charge in [0.2, 0.25) is 0 Å². The van der Waals surface area contributed by atoms with Gasteiger partial charge >= 0.3 is 0 Å². The van der Waals surface area contributed by atoms with Gasteiger partial charge in [-0.15, -0.1) is 6.58 Å². The first-order chi connectivity index (χ1) is 16.3. The number of ether oxygens (including phenoxy) is 2. The molecule has 2 aromatic rings. The van der Waals surface area contributed by atoms with Crippen molar-refractivity contribution < 1.29 is 19.1 Å². The summed E-state index contributed by atoms with van der Waals surface area (Å²) >= 11 is 13.3. The molecule has 0 spiro atoms. The van der Waals surface area contributed by atoms with Crippen molar-refractivity contribution in [1.82, 2.24) is 4.90 Å². The molecule has 0 saturated carbocycles. The summed E-state index contributed by atoms with van der Waals surface area (Å²) in [5, 5.41) is 0.823. The molecule has 2 amide bonds. The normalized spacial score (nSPS) is 15.7. The molecule has 8 heteroatoms. The molecule has 1 aliphatic rings. The highest BCUT2D eigenvalue weighted by molar-refractivity contribution is 8.18. The molecule has 1 atom stereocenters. The Balaban J connectivity index is 1.96. The Bertz CT molecular complexity index is 1130. The molecule has 0 radical (unpaired) electrons. The van der Waals surface area contributed by atoms with Crippen molar-refractivity contribution in [3.05, 3.63) is 74.6 Å². The fourth-order valence-corrected chi connectivity index (χ4v) is 4.88. The van der Waals surface area contributed by atoms with Crippen LogP contribution in [0.25, 0.3) is 6.08 Å². The number of amides is 2. The van der Waals surface area contributed by atoms with E-state index < -0.39 is 0 Å². The van der Waals surface area contributed by atoms with E-state index in [9.17, 15) is 9.59 Å². The van der Waals surface area contributed by atoms with Crippen LogP contribution < -0.4 is 9.47 Å². The Morgan fingerprint density at radius 2 is 1.88 bits per heavy atom. The van der Waals surface area contributed by atoms with Crippen LogP contribution in [-0.2, 0) is 17.8 Å². The predicted molar refractivity (Wildman–Crippen MR) is 140 cm³/mol. The van der Waals surface area contributed by atoms with Crippen LogP contribution in [0, 0.1) is 0 Å². The zero-order valence-electron chi connectivity index (χ0n) is 19.4. The molecular weight excluding hydrogens is 493 g/mol. The minimum atomic E-state index is -0.273. The zero-order chi connectivity index (χ0) is 24.8. The van der Waals surface area contributed by atoms with Gasteiger partial charge in [0.1, 0.15) is 6.61 Å². The number of thioether (sulfide) groups is 1. The van der Waals surface area contributed by atoms with Gasteiger partial charge in [-0.1, -0.05) is 42.3 Å². The number of imide groups is 1. The summed E-state index contributed by atoms with van der Waals surface area (Å²) in [5.41, 5.74) is 2.38. The van der Waals surface area contributed by atoms with E-state index in [1.807, 2.05) is 39.0 Å². The summed E-state index contributed by atoms with van der Waals surface area (Å²) in [4.78, 5) is 26.9. The molecule has 5 nitrogen and oxygen atoms in total. The number of nitrogens with zero attached hydrogens (tertiary/aromatic N) is 1. The summed E-state index contributed by atoms with van der Waals surface area (Å²) in [6, 6.07) is 8.83. The molecule has 0 aromatic heterocycles. The number of halogens is 2. The fourth-order valence-electron chi connectivity index (χ4n) is 3.48. The first-order valence-electron chi connectivity index (χ1n) is 11.0. The SMILES string of the molecule is C=CCc1cc(/C=C2/SC(=O)N([C@H](C)CC)C2=O)cc(OCC)c1OCc1ccc(Cl)cc1Cl. The number of carbonyl (C=O) groups is 2. The monoisotopic (exact) mass is 519 g/mol. The molecule has 1 heterocycles. The number of hydrogen-bond acceptors (Lipinski definition) is 5. The van der Waals surface area contributed by atoms with Crippen LogP contribution in [0.4, 0.5) is 4.79 Å². The molecule has 1 fully saturated rings. The van der Waals surface area contributed by atoms with Crippen molar-refractivity contribution in [1.29, 1.82) is 0 Å². The summed E-state index contributed by atoms with van der Waals surface area (Å²) in [7, 11) is 0. The first kappa shape index (κ1) is 26.2. The zero-order valence-corrected chi connectivity index (χ0v) is 21.7. The third kappa shape index (κ3) is 5.98. The molecule has 2 aromatic carbocycles. The summed E-state index contributed by atoms with van der Waals surface area (Å²) in [5.74, 6) is 0.849. The molecule has 0 unspecified atom stereocenters. The molecule has 0 aliphatic carbocycles. The summed E-state index contributed by atoms with van der Waals surface area (Å²) in [6.45, 7) is 10.2. The standard InChI is InChI=1S/C26H27Cl2NO4S/c1-5-8-18-11-17(13-23-25(30)29(16(4)6-2)26(31)34-23)12-22(32-7-3)24(18)33-15-19-9-10-20(27)14-21(19)28/h5,9-14,16H,1,6-8,15H2,2-4H3/b23-13+/t16-/m1/s1. The lowest BCUT2D eigenvalue weighted by molar-refractivity contribution is -0.124. The van der Waals surface area contributed by atoms with Crippen LogP contribution in [-0.4, -0.2) is 28.7 Å². The van der Waals surface area contributed by atoms with Gasteiger partial charge < -0.3 is 9.47 Å². The van der Waals surface area contributed by atoms with Crippen LogP contribution >= 0.6 is 35.0 Å². The fraction of sp³-hybridized carbons (Fsp3) is 0.308. The van der Waals surface area contributed by atoms with E-state index in [1.54, 1.807) is 24.3 Å². The van der Waals surface area contributed by atoms with Crippen molar-refractivity contribution in [3.63, 3.8) is 0 Å².